The van der Waals surface area contributed by atoms with E-state index in [1.807, 2.05) is 0 Å². The van der Waals surface area contributed by atoms with Crippen molar-refractivity contribution in [1.29, 1.82) is 0 Å². The number of hydrogen-bond acceptors (Lipinski definition) is 6. The van der Waals surface area contributed by atoms with E-state index in [4.69, 9.17) is 15.6 Å². The molecule has 3 N–H and O–H groups in total. The fraction of sp³-hybridized carbons (Fsp3) is 0.250. The smallest absolute Gasteiger partial charge is 0.475 e. The molecule has 16 heteroatoms. The number of nitrogens with two attached hydrogens (primary N) is 1. The molecule has 0 unspecified atom stereocenters. The number of aromatic nitrogens is 3. The summed E-state index contributed by atoms with van der Waals surface area (Å²) in [6, 6.07) is 4.66. The number of aryl methyl sites for hydroxylation is 1. The Kier molecular flexibility index (Phi) is 8.24. The summed E-state index contributed by atoms with van der Waals surface area (Å²) in [6.45, 7) is 0. The molecule has 0 bridgehead atoms. The molecule has 0 aliphatic heterocycles. The van der Waals surface area contributed by atoms with Crippen molar-refractivity contribution in [2.24, 2.45) is 12.8 Å². The maximum atomic E-state index is 14.2. The number of aliphatic carboxylic acids is 1. The second-order valence-electron chi connectivity index (χ2n) is 8.27. The summed E-state index contributed by atoms with van der Waals surface area (Å²) in [5, 5.41) is 6.68. The summed E-state index contributed by atoms with van der Waals surface area (Å²) in [6.07, 6.45) is -7.18. The van der Waals surface area contributed by atoms with Crippen molar-refractivity contribution < 1.29 is 50.2 Å². The molecule has 3 heterocycles. The van der Waals surface area contributed by atoms with Crippen LogP contribution >= 0.6 is 0 Å². The molecule has 0 amide bonds. The molecule has 4 aromatic rings. The molecular weight excluding hydrogens is 557 g/mol. The van der Waals surface area contributed by atoms with Crippen molar-refractivity contribution >= 4 is 28.5 Å². The van der Waals surface area contributed by atoms with Crippen LogP contribution in [-0.2, 0) is 34.0 Å². The minimum absolute atomic E-state index is 0.0207. The Hall–Kier alpha value is -4.47. The van der Waals surface area contributed by atoms with Crippen LogP contribution in [0.4, 0.5) is 30.7 Å². The monoisotopic (exact) mass is 576 g/mol. The van der Waals surface area contributed by atoms with Crippen LogP contribution in [0.15, 0.2) is 47.5 Å². The largest absolute Gasteiger partial charge is 0.490 e. The Morgan fingerprint density at radius 3 is 2.30 bits per heavy atom. The minimum atomic E-state index is -5.08. The van der Waals surface area contributed by atoms with Gasteiger partial charge in [0.15, 0.2) is 0 Å². The number of carboxylic acids is 1. The SMILES string of the molecule is COC(=O)[C@@H](N)Cc1ccc(-c2c(C(F)(F)F)c3cc(F)ccc3n(C)c2=O)c2nccn12.O=C(O)C(F)(F)F. The van der Waals surface area contributed by atoms with Crippen LogP contribution in [0.1, 0.15) is 11.3 Å². The lowest BCUT2D eigenvalue weighted by Gasteiger charge is -2.19. The Morgan fingerprint density at radius 1 is 1.12 bits per heavy atom. The Morgan fingerprint density at radius 2 is 1.75 bits per heavy atom. The van der Waals surface area contributed by atoms with Crippen molar-refractivity contribution in [1.82, 2.24) is 14.0 Å². The fourth-order valence-electron chi connectivity index (χ4n) is 3.95. The number of carbonyl (C=O) groups is 2. The number of imidazole rings is 1. The van der Waals surface area contributed by atoms with Gasteiger partial charge in [0, 0.05) is 42.5 Å². The lowest BCUT2D eigenvalue weighted by atomic mass is 9.96. The maximum Gasteiger partial charge on any atom is 0.490 e. The van der Waals surface area contributed by atoms with Gasteiger partial charge in [-0.15, -0.1) is 0 Å². The number of nitrogens with zero attached hydrogens (tertiary/aromatic N) is 3. The molecule has 4 rings (SSSR count). The van der Waals surface area contributed by atoms with Crippen LogP contribution in [0.3, 0.4) is 0 Å². The average molecular weight is 576 g/mol. The zero-order valence-electron chi connectivity index (χ0n) is 20.5. The third-order valence-electron chi connectivity index (χ3n) is 5.72. The van der Waals surface area contributed by atoms with Gasteiger partial charge in [0.05, 0.1) is 23.8 Å². The highest BCUT2D eigenvalue weighted by Gasteiger charge is 2.39. The predicted molar refractivity (Wildman–Crippen MR) is 126 cm³/mol. The van der Waals surface area contributed by atoms with E-state index in [0.29, 0.717) is 5.69 Å². The highest BCUT2D eigenvalue weighted by atomic mass is 19.4. The van der Waals surface area contributed by atoms with Crippen LogP contribution in [0.2, 0.25) is 0 Å². The van der Waals surface area contributed by atoms with Crippen LogP contribution in [-0.4, -0.2) is 50.3 Å². The minimum Gasteiger partial charge on any atom is -0.475 e. The van der Waals surface area contributed by atoms with Crippen LogP contribution in [0.25, 0.3) is 27.7 Å². The number of carboxylic acid groups (broad SMARTS) is 1. The van der Waals surface area contributed by atoms with Gasteiger partial charge in [-0.3, -0.25) is 9.59 Å². The molecule has 1 atom stereocenters. The second kappa shape index (κ2) is 11.0. The van der Waals surface area contributed by atoms with Crippen molar-refractivity contribution in [3.8, 4) is 11.1 Å². The number of carbonyl (C=O) groups excluding carboxylic acids is 1. The van der Waals surface area contributed by atoms with Gasteiger partial charge in [0.25, 0.3) is 5.56 Å². The number of fused-ring (bicyclic) bond motifs is 2. The van der Waals surface area contributed by atoms with Gasteiger partial charge in [-0.25, -0.2) is 14.2 Å². The third kappa shape index (κ3) is 5.90. The zero-order valence-corrected chi connectivity index (χ0v) is 20.5. The number of rotatable bonds is 4. The van der Waals surface area contributed by atoms with E-state index in [1.54, 1.807) is 0 Å². The van der Waals surface area contributed by atoms with Gasteiger partial charge in [0.2, 0.25) is 0 Å². The Balaban J connectivity index is 0.000000559. The van der Waals surface area contributed by atoms with Crippen LogP contribution in [0, 0.1) is 5.82 Å². The fourth-order valence-corrected chi connectivity index (χ4v) is 3.95. The molecule has 0 radical (unpaired) electrons. The molecule has 1 aromatic carbocycles. The average Bonchev–Trinajstić information content (AvgIpc) is 3.35. The van der Waals surface area contributed by atoms with Crippen molar-refractivity contribution in [3.63, 3.8) is 0 Å². The number of benzene rings is 1. The normalized spacial score (nSPS) is 12.7. The lowest BCUT2D eigenvalue weighted by Crippen LogP contribution is -2.34. The molecule has 9 nitrogen and oxygen atoms in total. The lowest BCUT2D eigenvalue weighted by molar-refractivity contribution is -0.192. The van der Waals surface area contributed by atoms with Gasteiger partial charge >= 0.3 is 24.3 Å². The number of methoxy groups -OCH3 is 1. The predicted octanol–water partition coefficient (Wildman–Crippen LogP) is 3.69. The Labute approximate surface area is 219 Å². The van der Waals surface area contributed by atoms with Crippen LogP contribution in [0.5, 0.6) is 0 Å². The maximum absolute atomic E-state index is 14.2. The molecule has 214 valence electrons. The number of halogens is 7. The molecule has 0 aliphatic carbocycles. The molecule has 0 fully saturated rings. The first-order valence-electron chi connectivity index (χ1n) is 11.0. The van der Waals surface area contributed by atoms with E-state index in [0.717, 1.165) is 22.8 Å². The summed E-state index contributed by atoms with van der Waals surface area (Å²) in [5.74, 6) is -4.28. The molecule has 0 saturated carbocycles. The summed E-state index contributed by atoms with van der Waals surface area (Å²) in [5.41, 5.74) is 3.40. The van der Waals surface area contributed by atoms with Gasteiger partial charge < -0.3 is 24.5 Å². The number of ether oxygens (including phenoxy) is 1. The van der Waals surface area contributed by atoms with Gasteiger partial charge in [0.1, 0.15) is 17.5 Å². The zero-order chi connectivity index (χ0) is 30.2. The first-order chi connectivity index (χ1) is 18.5. The van der Waals surface area contributed by atoms with Crippen LogP contribution < -0.4 is 11.3 Å². The van der Waals surface area contributed by atoms with E-state index >= 15 is 0 Å². The van der Waals surface area contributed by atoms with Crippen molar-refractivity contribution in [2.75, 3.05) is 7.11 Å². The number of hydrogen-bond donors (Lipinski definition) is 2. The van der Waals surface area contributed by atoms with E-state index in [-0.39, 0.29) is 23.1 Å². The Bertz CT molecular complexity index is 1660. The standard InChI is InChI=1S/C22H18F4N4O3.C2HF3O2/c1-29-16-6-3-11(23)9-14(16)18(22(24,25)26)17(20(29)31)13-5-4-12(10-15(27)21(32)33-2)30-8-7-28-19(13)30;3-2(4,5)1(6)7/h3-9,15H,10,27H2,1-2H3;(H,6,7)/t15-;/m0./s1. The van der Waals surface area contributed by atoms with Gasteiger partial charge in [-0.1, -0.05) is 0 Å². The molecule has 3 aromatic heterocycles. The first kappa shape index (κ1) is 30.1. The second-order valence-corrected chi connectivity index (χ2v) is 8.27. The highest BCUT2D eigenvalue weighted by molar-refractivity contribution is 5.92. The van der Waals surface area contributed by atoms with Crippen molar-refractivity contribution in [2.45, 2.75) is 24.8 Å². The van der Waals surface area contributed by atoms with E-state index < -0.39 is 58.2 Å². The number of alkyl halides is 6. The van der Waals surface area contributed by atoms with E-state index in [2.05, 4.69) is 9.72 Å². The summed E-state index contributed by atoms with van der Waals surface area (Å²) >= 11 is 0. The van der Waals surface area contributed by atoms with Gasteiger partial charge in [-0.05, 0) is 30.3 Å². The van der Waals surface area contributed by atoms with E-state index in [9.17, 15) is 40.3 Å². The topological polar surface area (TPSA) is 129 Å². The summed E-state index contributed by atoms with van der Waals surface area (Å²) < 4.78 is 95.5. The van der Waals surface area contributed by atoms with E-state index in [1.165, 1.54) is 43.1 Å². The first-order valence-corrected chi connectivity index (χ1v) is 11.0. The van der Waals surface area contributed by atoms with Crippen molar-refractivity contribution in [3.05, 3.63) is 70.2 Å². The van der Waals surface area contributed by atoms with Gasteiger partial charge in [-0.2, -0.15) is 26.3 Å². The summed E-state index contributed by atoms with van der Waals surface area (Å²) in [4.78, 5) is 37.9. The number of esters is 1. The molecule has 0 saturated heterocycles. The highest BCUT2D eigenvalue weighted by Crippen LogP contribution is 2.41. The summed E-state index contributed by atoms with van der Waals surface area (Å²) in [7, 11) is 2.51. The quantitative estimate of drug-likeness (QED) is 0.280. The molecule has 0 aliphatic rings. The number of pyridine rings is 2. The molecule has 0 spiro atoms. The molecular formula is C24H19F7N4O5. The molecule has 40 heavy (non-hydrogen) atoms. The third-order valence-corrected chi connectivity index (χ3v) is 5.72.